The smallest absolute Gasteiger partial charge is 0.246 e. The number of nitrogens with zero attached hydrogens (tertiary/aromatic N) is 1. The van der Waals surface area contributed by atoms with Gasteiger partial charge in [0, 0.05) is 13.6 Å². The van der Waals surface area contributed by atoms with Crippen LogP contribution in [-0.4, -0.2) is 31.4 Å². The summed E-state index contributed by atoms with van der Waals surface area (Å²) in [5, 5.41) is 9.65. The highest BCUT2D eigenvalue weighted by atomic mass is 32.2. The van der Waals surface area contributed by atoms with Crippen LogP contribution in [0, 0.1) is 5.92 Å². The van der Waals surface area contributed by atoms with Crippen LogP contribution in [0.25, 0.3) is 0 Å². The third-order valence-electron chi connectivity index (χ3n) is 3.54. The SMILES string of the molecule is CN(CC1CCCC1)S(=O)(=O)c1ccccc1O. The van der Waals surface area contributed by atoms with Gasteiger partial charge < -0.3 is 5.11 Å². The Kier molecular flexibility index (Phi) is 3.92. The molecule has 0 saturated heterocycles. The quantitative estimate of drug-likeness (QED) is 0.911. The van der Waals surface area contributed by atoms with Crippen molar-refractivity contribution in [2.24, 2.45) is 5.92 Å². The number of benzene rings is 1. The lowest BCUT2D eigenvalue weighted by Crippen LogP contribution is -2.31. The molecule has 0 atom stereocenters. The third-order valence-corrected chi connectivity index (χ3v) is 5.41. The van der Waals surface area contributed by atoms with Crippen molar-refractivity contribution >= 4 is 10.0 Å². The van der Waals surface area contributed by atoms with Crippen LogP contribution in [0.2, 0.25) is 0 Å². The van der Waals surface area contributed by atoms with Crippen LogP contribution < -0.4 is 0 Å². The van der Waals surface area contributed by atoms with Crippen molar-refractivity contribution in [3.8, 4) is 5.75 Å². The Labute approximate surface area is 108 Å². The van der Waals surface area contributed by atoms with E-state index in [2.05, 4.69) is 0 Å². The second kappa shape index (κ2) is 5.28. The first-order valence-corrected chi connectivity index (χ1v) is 7.70. The molecule has 0 bridgehead atoms. The summed E-state index contributed by atoms with van der Waals surface area (Å²) in [5.41, 5.74) is 0. The van der Waals surface area contributed by atoms with Gasteiger partial charge in [-0.1, -0.05) is 25.0 Å². The molecule has 1 aliphatic carbocycles. The van der Waals surface area contributed by atoms with E-state index in [4.69, 9.17) is 0 Å². The Morgan fingerprint density at radius 3 is 2.50 bits per heavy atom. The van der Waals surface area contributed by atoms with Gasteiger partial charge in [-0.3, -0.25) is 0 Å². The Balaban J connectivity index is 2.17. The van der Waals surface area contributed by atoms with E-state index in [1.807, 2.05) is 0 Å². The molecule has 0 aromatic heterocycles. The highest BCUT2D eigenvalue weighted by Gasteiger charge is 2.27. The molecule has 1 aromatic carbocycles. The number of phenols is 1. The van der Waals surface area contributed by atoms with E-state index in [0.717, 1.165) is 12.8 Å². The zero-order valence-corrected chi connectivity index (χ0v) is 11.4. The van der Waals surface area contributed by atoms with E-state index in [9.17, 15) is 13.5 Å². The zero-order valence-electron chi connectivity index (χ0n) is 10.5. The van der Waals surface area contributed by atoms with E-state index in [1.54, 1.807) is 19.2 Å². The molecule has 0 spiro atoms. The van der Waals surface area contributed by atoms with Gasteiger partial charge >= 0.3 is 0 Å². The highest BCUT2D eigenvalue weighted by molar-refractivity contribution is 7.89. The first kappa shape index (κ1) is 13.4. The summed E-state index contributed by atoms with van der Waals surface area (Å²) in [6.45, 7) is 0.538. The van der Waals surface area contributed by atoms with Crippen molar-refractivity contribution in [3.63, 3.8) is 0 Å². The number of aromatic hydroxyl groups is 1. The van der Waals surface area contributed by atoms with Crippen LogP contribution >= 0.6 is 0 Å². The van der Waals surface area contributed by atoms with Gasteiger partial charge in [-0.25, -0.2) is 12.7 Å². The number of rotatable bonds is 4. The summed E-state index contributed by atoms with van der Waals surface area (Å²) < 4.78 is 26.0. The standard InChI is InChI=1S/C13H19NO3S/c1-14(10-11-6-2-3-7-11)18(16,17)13-9-5-4-8-12(13)15/h4-5,8-9,11,15H,2-3,6-7,10H2,1H3. The molecule has 0 aliphatic heterocycles. The molecule has 1 N–H and O–H groups in total. The van der Waals surface area contributed by atoms with Crippen molar-refractivity contribution < 1.29 is 13.5 Å². The van der Waals surface area contributed by atoms with E-state index in [1.165, 1.54) is 29.3 Å². The van der Waals surface area contributed by atoms with Crippen LogP contribution in [0.5, 0.6) is 5.75 Å². The molecule has 1 aromatic rings. The minimum atomic E-state index is -3.57. The van der Waals surface area contributed by atoms with Gasteiger partial charge in [-0.05, 0) is 30.9 Å². The Hall–Kier alpha value is -1.07. The fourth-order valence-corrected chi connectivity index (χ4v) is 3.82. The number of sulfonamides is 1. The lowest BCUT2D eigenvalue weighted by atomic mass is 10.1. The predicted octanol–water partition coefficient (Wildman–Crippen LogP) is 2.20. The molecule has 100 valence electrons. The van der Waals surface area contributed by atoms with Crippen LogP contribution in [-0.2, 0) is 10.0 Å². The summed E-state index contributed by atoms with van der Waals surface area (Å²) in [5.74, 6) is 0.270. The average Bonchev–Trinajstić information content (AvgIpc) is 2.82. The molecular weight excluding hydrogens is 250 g/mol. The van der Waals surface area contributed by atoms with Crippen molar-refractivity contribution in [2.45, 2.75) is 30.6 Å². The fourth-order valence-electron chi connectivity index (χ4n) is 2.50. The predicted molar refractivity (Wildman–Crippen MR) is 69.9 cm³/mol. The molecule has 0 unspecified atom stereocenters. The van der Waals surface area contributed by atoms with Gasteiger partial charge in [0.2, 0.25) is 10.0 Å². The average molecular weight is 269 g/mol. The van der Waals surface area contributed by atoms with E-state index in [0.29, 0.717) is 12.5 Å². The molecule has 1 aliphatic rings. The van der Waals surface area contributed by atoms with Crippen LogP contribution in [0.1, 0.15) is 25.7 Å². The minimum absolute atomic E-state index is 0.00880. The van der Waals surface area contributed by atoms with Crippen molar-refractivity contribution in [2.75, 3.05) is 13.6 Å². The van der Waals surface area contributed by atoms with Gasteiger partial charge in [0.05, 0.1) is 0 Å². The molecule has 0 radical (unpaired) electrons. The van der Waals surface area contributed by atoms with E-state index < -0.39 is 10.0 Å². The van der Waals surface area contributed by atoms with Gasteiger partial charge in [0.1, 0.15) is 10.6 Å². The summed E-state index contributed by atoms with van der Waals surface area (Å²) in [4.78, 5) is -0.00880. The van der Waals surface area contributed by atoms with Gasteiger partial charge in [0.15, 0.2) is 0 Å². The number of hydrogen-bond donors (Lipinski definition) is 1. The van der Waals surface area contributed by atoms with E-state index >= 15 is 0 Å². The number of phenolic OH excluding ortho intramolecular Hbond substituents is 1. The minimum Gasteiger partial charge on any atom is -0.507 e. The topological polar surface area (TPSA) is 57.6 Å². The van der Waals surface area contributed by atoms with Crippen LogP contribution in [0.3, 0.4) is 0 Å². The molecule has 2 rings (SSSR count). The lowest BCUT2D eigenvalue weighted by molar-refractivity contribution is 0.383. The Bertz CT molecular complexity index is 507. The fraction of sp³-hybridized carbons (Fsp3) is 0.538. The second-order valence-electron chi connectivity index (χ2n) is 4.90. The summed E-state index contributed by atoms with van der Waals surface area (Å²) in [6, 6.07) is 6.08. The number of hydrogen-bond acceptors (Lipinski definition) is 3. The largest absolute Gasteiger partial charge is 0.507 e. The maximum absolute atomic E-state index is 12.3. The monoisotopic (exact) mass is 269 g/mol. The molecule has 4 nitrogen and oxygen atoms in total. The normalized spacial score (nSPS) is 17.4. The zero-order chi connectivity index (χ0) is 13.2. The van der Waals surface area contributed by atoms with E-state index in [-0.39, 0.29) is 10.6 Å². The van der Waals surface area contributed by atoms with Crippen LogP contribution in [0.4, 0.5) is 0 Å². The maximum atomic E-state index is 12.3. The molecule has 1 saturated carbocycles. The first-order valence-electron chi connectivity index (χ1n) is 6.26. The molecular formula is C13H19NO3S. The van der Waals surface area contributed by atoms with Gasteiger partial charge in [-0.15, -0.1) is 0 Å². The van der Waals surface area contributed by atoms with Crippen LogP contribution in [0.15, 0.2) is 29.2 Å². The first-order chi connectivity index (χ1) is 8.51. The molecule has 1 fully saturated rings. The lowest BCUT2D eigenvalue weighted by Gasteiger charge is -2.21. The Morgan fingerprint density at radius 1 is 1.28 bits per heavy atom. The summed E-state index contributed by atoms with van der Waals surface area (Å²) in [7, 11) is -1.99. The summed E-state index contributed by atoms with van der Waals surface area (Å²) >= 11 is 0. The van der Waals surface area contributed by atoms with Gasteiger partial charge in [-0.2, -0.15) is 0 Å². The summed E-state index contributed by atoms with van der Waals surface area (Å²) in [6.07, 6.45) is 4.57. The van der Waals surface area contributed by atoms with Crippen molar-refractivity contribution in [3.05, 3.63) is 24.3 Å². The highest BCUT2D eigenvalue weighted by Crippen LogP contribution is 2.29. The Morgan fingerprint density at radius 2 is 1.89 bits per heavy atom. The van der Waals surface area contributed by atoms with Crippen molar-refractivity contribution in [1.82, 2.24) is 4.31 Å². The maximum Gasteiger partial charge on any atom is 0.246 e. The molecule has 0 amide bonds. The second-order valence-corrected chi connectivity index (χ2v) is 6.92. The molecule has 5 heteroatoms. The number of para-hydroxylation sites is 1. The van der Waals surface area contributed by atoms with Gasteiger partial charge in [0.25, 0.3) is 0 Å². The third kappa shape index (κ3) is 2.67. The molecule has 0 heterocycles. The molecule has 18 heavy (non-hydrogen) atoms. The van der Waals surface area contributed by atoms with Crippen molar-refractivity contribution in [1.29, 1.82) is 0 Å².